The highest BCUT2D eigenvalue weighted by atomic mass is 31.2. The lowest BCUT2D eigenvalue weighted by Gasteiger charge is -2.25. The Balaban J connectivity index is 4.73. The number of ketones is 2. The van der Waals surface area contributed by atoms with Crippen LogP contribution in [0.2, 0.25) is 0 Å². The summed E-state index contributed by atoms with van der Waals surface area (Å²) in [6.45, 7) is -0.921. The average molecular weight is 301 g/mol. The van der Waals surface area contributed by atoms with Crippen molar-refractivity contribution in [2.75, 3.05) is 12.8 Å². The van der Waals surface area contributed by atoms with Crippen molar-refractivity contribution in [1.82, 2.24) is 0 Å². The molecule has 0 aromatic carbocycles. The molecular formula is C8H16NO9P. The summed E-state index contributed by atoms with van der Waals surface area (Å²) in [5, 5.41) is 36.2. The molecule has 19 heavy (non-hydrogen) atoms. The van der Waals surface area contributed by atoms with Crippen molar-refractivity contribution < 1.29 is 44.4 Å². The third kappa shape index (κ3) is 5.85. The van der Waals surface area contributed by atoms with Crippen LogP contribution >= 0.6 is 7.60 Å². The minimum atomic E-state index is -4.75. The van der Waals surface area contributed by atoms with Crippen molar-refractivity contribution >= 4 is 19.2 Å². The van der Waals surface area contributed by atoms with Crippen LogP contribution in [-0.4, -0.2) is 78.9 Å². The second-order valence-electron chi connectivity index (χ2n) is 3.87. The van der Waals surface area contributed by atoms with Gasteiger partial charge in [-0.2, -0.15) is 0 Å². The molecule has 0 bridgehead atoms. The summed E-state index contributed by atoms with van der Waals surface area (Å²) in [6, 6.07) is -1.98. The zero-order chi connectivity index (χ0) is 15.4. The van der Waals surface area contributed by atoms with E-state index in [9.17, 15) is 24.4 Å². The highest BCUT2D eigenvalue weighted by molar-refractivity contribution is 7.53. The summed E-state index contributed by atoms with van der Waals surface area (Å²) in [7, 11) is -4.75. The van der Waals surface area contributed by atoms with Gasteiger partial charge in [-0.3, -0.25) is 14.2 Å². The molecule has 0 unspecified atom stereocenters. The number of aliphatic hydroxyl groups excluding tert-OH is 4. The quantitative estimate of drug-likeness (QED) is 0.170. The lowest BCUT2D eigenvalue weighted by atomic mass is 9.97. The van der Waals surface area contributed by atoms with Crippen LogP contribution < -0.4 is 5.73 Å². The second kappa shape index (κ2) is 7.17. The molecule has 0 radical (unpaired) electrons. The van der Waals surface area contributed by atoms with Gasteiger partial charge in [-0.05, 0) is 0 Å². The van der Waals surface area contributed by atoms with Gasteiger partial charge in [0.05, 0.1) is 6.61 Å². The number of nitrogens with two attached hydrogens (primary N) is 1. The molecule has 0 aromatic rings. The molecule has 112 valence electrons. The van der Waals surface area contributed by atoms with E-state index in [1.165, 1.54) is 0 Å². The van der Waals surface area contributed by atoms with E-state index >= 15 is 0 Å². The van der Waals surface area contributed by atoms with Crippen LogP contribution in [0.3, 0.4) is 0 Å². The Morgan fingerprint density at radius 3 is 1.95 bits per heavy atom. The molecule has 11 heteroatoms. The van der Waals surface area contributed by atoms with E-state index in [1.54, 1.807) is 0 Å². The number of Topliss-reactive ketones (excluding diaryl/α,β-unsaturated/α-hetero) is 2. The van der Waals surface area contributed by atoms with E-state index < -0.39 is 56.3 Å². The molecule has 8 N–H and O–H groups in total. The molecule has 10 nitrogen and oxygen atoms in total. The van der Waals surface area contributed by atoms with Crippen LogP contribution in [0.4, 0.5) is 0 Å². The molecule has 0 spiro atoms. The third-order valence-corrected chi connectivity index (χ3v) is 2.93. The van der Waals surface area contributed by atoms with Crippen molar-refractivity contribution in [2.24, 2.45) is 5.73 Å². The van der Waals surface area contributed by atoms with Crippen LogP contribution in [0.1, 0.15) is 0 Å². The molecule has 0 amide bonds. The lowest BCUT2D eigenvalue weighted by Crippen LogP contribution is -2.54. The first kappa shape index (κ1) is 18.3. The summed E-state index contributed by atoms with van der Waals surface area (Å²) in [5.74, 6) is -3.01. The summed E-state index contributed by atoms with van der Waals surface area (Å²) in [4.78, 5) is 39.5. The zero-order valence-corrected chi connectivity index (χ0v) is 10.6. The number of hydrogen-bond donors (Lipinski definition) is 7. The van der Waals surface area contributed by atoms with Gasteiger partial charge in [0.25, 0.3) is 0 Å². The Labute approximate surface area is 107 Å². The van der Waals surface area contributed by atoms with E-state index in [4.69, 9.17) is 25.7 Å². The molecule has 0 rings (SSSR count). The predicted octanol–water partition coefficient (Wildman–Crippen LogP) is -4.30. The maximum atomic E-state index is 11.3. The van der Waals surface area contributed by atoms with Crippen molar-refractivity contribution in [3.63, 3.8) is 0 Å². The van der Waals surface area contributed by atoms with Crippen molar-refractivity contribution in [3.8, 4) is 0 Å². The molecule has 0 saturated carbocycles. The smallest absolute Gasteiger partial charge is 0.333 e. The van der Waals surface area contributed by atoms with Gasteiger partial charge < -0.3 is 35.9 Å². The number of hydrogen-bond acceptors (Lipinski definition) is 8. The molecule has 0 saturated heterocycles. The van der Waals surface area contributed by atoms with Gasteiger partial charge in [0.1, 0.15) is 30.5 Å². The van der Waals surface area contributed by atoms with Gasteiger partial charge in [0, 0.05) is 0 Å². The Morgan fingerprint density at radius 1 is 1.11 bits per heavy atom. The van der Waals surface area contributed by atoms with Crippen molar-refractivity contribution in [1.29, 1.82) is 0 Å². The number of carbonyl (C=O) groups is 2. The fourth-order valence-corrected chi connectivity index (χ4v) is 1.68. The minimum Gasteiger partial charge on any atom is -0.394 e. The highest BCUT2D eigenvalue weighted by Gasteiger charge is 2.37. The average Bonchev–Trinajstić information content (AvgIpc) is 2.31. The van der Waals surface area contributed by atoms with Gasteiger partial charge in [0.15, 0.2) is 0 Å². The predicted molar refractivity (Wildman–Crippen MR) is 60.0 cm³/mol. The second-order valence-corrected chi connectivity index (χ2v) is 5.51. The lowest BCUT2D eigenvalue weighted by molar-refractivity contribution is -0.141. The Hall–Kier alpha value is -0.710. The molecule has 0 heterocycles. The summed E-state index contributed by atoms with van der Waals surface area (Å²) >= 11 is 0. The largest absolute Gasteiger partial charge is 0.394 e. The Bertz CT molecular complexity index is 380. The van der Waals surface area contributed by atoms with Crippen LogP contribution in [-0.2, 0) is 14.2 Å². The van der Waals surface area contributed by atoms with Crippen LogP contribution in [0.5, 0.6) is 0 Å². The monoisotopic (exact) mass is 301 g/mol. The molecule has 4 atom stereocenters. The van der Waals surface area contributed by atoms with E-state index in [-0.39, 0.29) is 0 Å². The van der Waals surface area contributed by atoms with Crippen molar-refractivity contribution in [2.45, 2.75) is 24.4 Å². The summed E-state index contributed by atoms with van der Waals surface area (Å²) in [6.07, 6.45) is -7.22. The Morgan fingerprint density at radius 2 is 1.58 bits per heavy atom. The van der Waals surface area contributed by atoms with E-state index in [0.717, 1.165) is 0 Å². The molecular weight excluding hydrogens is 285 g/mol. The van der Waals surface area contributed by atoms with Gasteiger partial charge in [-0.1, -0.05) is 0 Å². The highest BCUT2D eigenvalue weighted by Crippen LogP contribution is 2.33. The van der Waals surface area contributed by atoms with Gasteiger partial charge in [-0.15, -0.1) is 0 Å². The normalized spacial score (nSPS) is 18.5. The first-order chi connectivity index (χ1) is 8.51. The maximum absolute atomic E-state index is 11.3. The molecule has 0 aliphatic heterocycles. The summed E-state index contributed by atoms with van der Waals surface area (Å²) in [5.41, 5.74) is 5.15. The van der Waals surface area contributed by atoms with Crippen LogP contribution in [0, 0.1) is 0 Å². The minimum absolute atomic E-state index is 0.921. The van der Waals surface area contributed by atoms with E-state index in [1.807, 2.05) is 0 Å². The number of aliphatic hydroxyl groups is 4. The SMILES string of the molecule is N[C@@H](C(=O)C(=O)CP(=O)(O)O)[C@@H](O)[C@H](O)[C@H](O)CO. The third-order valence-electron chi connectivity index (χ3n) is 2.23. The van der Waals surface area contributed by atoms with Crippen LogP contribution in [0.15, 0.2) is 0 Å². The van der Waals surface area contributed by atoms with E-state index in [0.29, 0.717) is 0 Å². The van der Waals surface area contributed by atoms with Crippen molar-refractivity contribution in [3.05, 3.63) is 0 Å². The topological polar surface area (TPSA) is 199 Å². The molecule has 0 aliphatic carbocycles. The fourth-order valence-electron chi connectivity index (χ4n) is 1.15. The first-order valence-electron chi connectivity index (χ1n) is 5.03. The summed E-state index contributed by atoms with van der Waals surface area (Å²) < 4.78 is 10.5. The Kier molecular flexibility index (Phi) is 6.91. The standard InChI is InChI=1S/C8H16NO9P/c9-5(8(15)7(14)3(11)1-10)6(13)4(12)2-19(16,17)18/h3,5,7-8,10-11,14-15H,1-2,9H2,(H2,16,17,18)/t3-,5+,7-,8-/m1/s1. The van der Waals surface area contributed by atoms with Gasteiger partial charge in [-0.25, -0.2) is 0 Å². The fraction of sp³-hybridized carbons (Fsp3) is 0.750. The molecule has 0 fully saturated rings. The van der Waals surface area contributed by atoms with Gasteiger partial charge in [0.2, 0.25) is 11.6 Å². The maximum Gasteiger partial charge on any atom is 0.333 e. The number of carbonyl (C=O) groups excluding carboxylic acids is 2. The number of rotatable bonds is 8. The first-order valence-corrected chi connectivity index (χ1v) is 6.83. The zero-order valence-electron chi connectivity index (χ0n) is 9.66. The molecule has 0 aromatic heterocycles. The van der Waals surface area contributed by atoms with Crippen LogP contribution in [0.25, 0.3) is 0 Å². The van der Waals surface area contributed by atoms with E-state index in [2.05, 4.69) is 0 Å². The molecule has 0 aliphatic rings. The van der Waals surface area contributed by atoms with Gasteiger partial charge >= 0.3 is 7.60 Å².